The van der Waals surface area contributed by atoms with Crippen molar-refractivity contribution in [3.05, 3.63) is 96.7 Å². The summed E-state index contributed by atoms with van der Waals surface area (Å²) in [4.78, 5) is 4.50. The fraction of sp³-hybridized carbons (Fsp3) is 0.0870. The molecule has 1 unspecified atom stereocenters. The summed E-state index contributed by atoms with van der Waals surface area (Å²) in [5.74, 6) is 2.63. The van der Waals surface area contributed by atoms with Gasteiger partial charge in [0.05, 0.1) is 6.20 Å². The molecular formula is C23H21N5O. The van der Waals surface area contributed by atoms with Gasteiger partial charge in [0, 0.05) is 11.7 Å². The fourth-order valence-corrected chi connectivity index (χ4v) is 2.83. The molecule has 2 N–H and O–H groups in total. The Kier molecular flexibility index (Phi) is 5.62. The first-order valence-corrected chi connectivity index (χ1v) is 9.37. The Bertz CT molecular complexity index is 1040. The summed E-state index contributed by atoms with van der Waals surface area (Å²) in [7, 11) is 0. The van der Waals surface area contributed by atoms with Crippen LogP contribution in [0, 0.1) is 0 Å². The third-order valence-electron chi connectivity index (χ3n) is 4.31. The third kappa shape index (κ3) is 5.07. The van der Waals surface area contributed by atoms with Crippen LogP contribution in [0.2, 0.25) is 0 Å². The molecule has 1 heterocycles. The lowest BCUT2D eigenvalue weighted by atomic mass is 10.1. The molecule has 1 aromatic heterocycles. The fourth-order valence-electron chi connectivity index (χ4n) is 2.83. The predicted octanol–water partition coefficient (Wildman–Crippen LogP) is 5.58. The van der Waals surface area contributed by atoms with Crippen molar-refractivity contribution in [2.75, 3.05) is 10.6 Å². The Morgan fingerprint density at radius 1 is 0.793 bits per heavy atom. The van der Waals surface area contributed by atoms with Crippen LogP contribution in [0.4, 0.5) is 17.5 Å². The number of nitrogens with zero attached hydrogens (tertiary/aromatic N) is 3. The highest BCUT2D eigenvalue weighted by Crippen LogP contribution is 2.24. The zero-order valence-electron chi connectivity index (χ0n) is 16.0. The number of anilines is 3. The Hall–Kier alpha value is -3.93. The van der Waals surface area contributed by atoms with Gasteiger partial charge in [0.25, 0.3) is 0 Å². The SMILES string of the molecule is CC(Nc1cnnc(Nc2ccc(Oc3ccccc3)cc2)n1)c1ccccc1. The maximum atomic E-state index is 5.81. The first-order valence-electron chi connectivity index (χ1n) is 9.37. The average Bonchev–Trinajstić information content (AvgIpc) is 2.77. The number of nitrogens with one attached hydrogen (secondary N) is 2. The van der Waals surface area contributed by atoms with Crippen molar-refractivity contribution in [3.8, 4) is 11.5 Å². The van der Waals surface area contributed by atoms with Crippen molar-refractivity contribution in [1.82, 2.24) is 15.2 Å². The van der Waals surface area contributed by atoms with Gasteiger partial charge in [-0.2, -0.15) is 10.1 Å². The number of hydrogen-bond acceptors (Lipinski definition) is 6. The second-order valence-electron chi connectivity index (χ2n) is 6.51. The molecule has 4 rings (SSSR count). The van der Waals surface area contributed by atoms with E-state index in [4.69, 9.17) is 4.74 Å². The predicted molar refractivity (Wildman–Crippen MR) is 115 cm³/mol. The van der Waals surface area contributed by atoms with E-state index < -0.39 is 0 Å². The van der Waals surface area contributed by atoms with Crippen molar-refractivity contribution < 1.29 is 4.74 Å². The largest absolute Gasteiger partial charge is 0.457 e. The second-order valence-corrected chi connectivity index (χ2v) is 6.51. The molecule has 0 saturated carbocycles. The zero-order valence-corrected chi connectivity index (χ0v) is 16.0. The zero-order chi connectivity index (χ0) is 19.9. The first-order chi connectivity index (χ1) is 14.3. The van der Waals surface area contributed by atoms with Crippen molar-refractivity contribution in [3.63, 3.8) is 0 Å². The molecule has 0 spiro atoms. The molecule has 6 heteroatoms. The molecule has 0 bridgehead atoms. The van der Waals surface area contributed by atoms with Gasteiger partial charge in [0.2, 0.25) is 5.95 Å². The minimum Gasteiger partial charge on any atom is -0.457 e. The van der Waals surface area contributed by atoms with Crippen LogP contribution in [0.3, 0.4) is 0 Å². The van der Waals surface area contributed by atoms with Gasteiger partial charge >= 0.3 is 0 Å². The number of para-hydroxylation sites is 1. The van der Waals surface area contributed by atoms with Crippen molar-refractivity contribution in [1.29, 1.82) is 0 Å². The number of rotatable bonds is 7. The minimum atomic E-state index is 0.107. The summed E-state index contributed by atoms with van der Waals surface area (Å²) in [5, 5.41) is 14.6. The average molecular weight is 383 g/mol. The summed E-state index contributed by atoms with van der Waals surface area (Å²) in [6, 6.07) is 27.6. The number of benzene rings is 3. The maximum Gasteiger partial charge on any atom is 0.249 e. The van der Waals surface area contributed by atoms with E-state index in [1.807, 2.05) is 72.8 Å². The standard InChI is InChI=1S/C23H21N5O/c1-17(18-8-4-2-5-9-18)25-22-16-24-28-23(27-22)26-19-12-14-21(15-13-19)29-20-10-6-3-7-11-20/h2-17H,1H3,(H2,25,26,27,28). The highest BCUT2D eigenvalue weighted by molar-refractivity contribution is 5.55. The number of hydrogen-bond donors (Lipinski definition) is 2. The van der Waals surface area contributed by atoms with Gasteiger partial charge < -0.3 is 15.4 Å². The van der Waals surface area contributed by atoms with Gasteiger partial charge in [-0.25, -0.2) is 0 Å². The quantitative estimate of drug-likeness (QED) is 0.434. The maximum absolute atomic E-state index is 5.81. The molecule has 29 heavy (non-hydrogen) atoms. The summed E-state index contributed by atoms with van der Waals surface area (Å²) in [6.07, 6.45) is 1.61. The van der Waals surface area contributed by atoms with E-state index in [1.54, 1.807) is 6.20 Å². The van der Waals surface area contributed by atoms with Gasteiger partial charge in [-0.15, -0.1) is 5.10 Å². The summed E-state index contributed by atoms with van der Waals surface area (Å²) >= 11 is 0. The van der Waals surface area contributed by atoms with Crippen molar-refractivity contribution in [2.24, 2.45) is 0 Å². The monoisotopic (exact) mass is 383 g/mol. The molecule has 0 aliphatic heterocycles. The Balaban J connectivity index is 1.40. The van der Waals surface area contributed by atoms with E-state index in [2.05, 4.69) is 44.9 Å². The van der Waals surface area contributed by atoms with Crippen LogP contribution < -0.4 is 15.4 Å². The smallest absolute Gasteiger partial charge is 0.249 e. The molecular weight excluding hydrogens is 362 g/mol. The van der Waals surface area contributed by atoms with Gasteiger partial charge in [-0.3, -0.25) is 0 Å². The third-order valence-corrected chi connectivity index (χ3v) is 4.31. The number of ether oxygens (including phenoxy) is 1. The number of aromatic nitrogens is 3. The molecule has 0 aliphatic rings. The Labute approximate surface area is 169 Å². The van der Waals surface area contributed by atoms with Crippen LogP contribution in [0.5, 0.6) is 11.5 Å². The van der Waals surface area contributed by atoms with Crippen molar-refractivity contribution in [2.45, 2.75) is 13.0 Å². The van der Waals surface area contributed by atoms with Crippen LogP contribution in [-0.4, -0.2) is 15.2 Å². The van der Waals surface area contributed by atoms with Crippen LogP contribution in [0.25, 0.3) is 0 Å². The van der Waals surface area contributed by atoms with E-state index >= 15 is 0 Å². The van der Waals surface area contributed by atoms with Gasteiger partial charge in [-0.1, -0.05) is 48.5 Å². The summed E-state index contributed by atoms with van der Waals surface area (Å²) in [5.41, 5.74) is 2.02. The molecule has 6 nitrogen and oxygen atoms in total. The van der Waals surface area contributed by atoms with Gasteiger partial charge in [-0.05, 0) is 48.9 Å². The topological polar surface area (TPSA) is 72.0 Å². The molecule has 0 fully saturated rings. The molecule has 0 aliphatic carbocycles. The molecule has 0 radical (unpaired) electrons. The van der Waals surface area contributed by atoms with Crippen LogP contribution in [0.15, 0.2) is 91.1 Å². The summed E-state index contributed by atoms with van der Waals surface area (Å²) < 4.78 is 5.81. The molecule has 1 atom stereocenters. The lowest BCUT2D eigenvalue weighted by Crippen LogP contribution is -2.09. The van der Waals surface area contributed by atoms with Gasteiger partial charge in [0.15, 0.2) is 5.82 Å². The first kappa shape index (κ1) is 18.4. The molecule has 3 aromatic carbocycles. The molecule has 144 valence electrons. The lowest BCUT2D eigenvalue weighted by Gasteiger charge is -2.15. The lowest BCUT2D eigenvalue weighted by molar-refractivity contribution is 0.483. The minimum absolute atomic E-state index is 0.107. The van der Waals surface area contributed by atoms with Crippen LogP contribution in [0.1, 0.15) is 18.5 Å². The Morgan fingerprint density at radius 3 is 2.17 bits per heavy atom. The van der Waals surface area contributed by atoms with E-state index in [9.17, 15) is 0 Å². The van der Waals surface area contributed by atoms with E-state index in [0.29, 0.717) is 11.8 Å². The normalized spacial score (nSPS) is 11.5. The molecule has 4 aromatic rings. The second kappa shape index (κ2) is 8.84. The summed E-state index contributed by atoms with van der Waals surface area (Å²) in [6.45, 7) is 2.08. The van der Waals surface area contributed by atoms with Crippen molar-refractivity contribution >= 4 is 17.5 Å². The van der Waals surface area contributed by atoms with Gasteiger partial charge in [0.1, 0.15) is 11.5 Å². The highest BCUT2D eigenvalue weighted by atomic mass is 16.5. The van der Waals surface area contributed by atoms with E-state index in [1.165, 1.54) is 5.56 Å². The van der Waals surface area contributed by atoms with E-state index in [-0.39, 0.29) is 6.04 Å². The molecule has 0 saturated heterocycles. The van der Waals surface area contributed by atoms with E-state index in [0.717, 1.165) is 17.2 Å². The Morgan fingerprint density at radius 2 is 1.45 bits per heavy atom. The molecule has 0 amide bonds. The van der Waals surface area contributed by atoms with Crippen LogP contribution >= 0.6 is 0 Å². The highest BCUT2D eigenvalue weighted by Gasteiger charge is 2.07. The van der Waals surface area contributed by atoms with Crippen LogP contribution in [-0.2, 0) is 0 Å².